The fourth-order valence-electron chi connectivity index (χ4n) is 2.39. The van der Waals surface area contributed by atoms with Gasteiger partial charge in [-0.05, 0) is 51.0 Å². The van der Waals surface area contributed by atoms with E-state index < -0.39 is 0 Å². The van der Waals surface area contributed by atoms with Crippen molar-refractivity contribution in [2.45, 2.75) is 52.8 Å². The van der Waals surface area contributed by atoms with Gasteiger partial charge in [0.15, 0.2) is 0 Å². The van der Waals surface area contributed by atoms with E-state index in [9.17, 15) is 0 Å². The Hall–Kier alpha value is -1.81. The first-order valence-corrected chi connectivity index (χ1v) is 7.64. The van der Waals surface area contributed by atoms with Crippen molar-refractivity contribution < 1.29 is 4.74 Å². The third-order valence-corrected chi connectivity index (χ3v) is 3.43. The molecule has 0 aliphatic heterocycles. The summed E-state index contributed by atoms with van der Waals surface area (Å²) < 4.78 is 7.73. The van der Waals surface area contributed by atoms with Crippen LogP contribution in [0.15, 0.2) is 30.3 Å². The number of nitrogens with two attached hydrogens (primary N) is 1. The van der Waals surface area contributed by atoms with Gasteiger partial charge < -0.3 is 10.5 Å². The zero-order valence-electron chi connectivity index (χ0n) is 13.3. The molecule has 1 heterocycles. The quantitative estimate of drug-likeness (QED) is 0.887. The molecule has 0 spiro atoms. The summed E-state index contributed by atoms with van der Waals surface area (Å²) in [5.74, 6) is 0.858. The molecule has 2 N–H and O–H groups in total. The maximum atomic E-state index is 6.44. The molecule has 4 heteroatoms. The average molecular weight is 287 g/mol. The zero-order valence-corrected chi connectivity index (χ0v) is 13.3. The summed E-state index contributed by atoms with van der Waals surface area (Å²) in [5.41, 5.74) is 9.62. The number of rotatable bonds is 6. The van der Waals surface area contributed by atoms with Gasteiger partial charge in [-0.1, -0.05) is 19.1 Å². The van der Waals surface area contributed by atoms with Gasteiger partial charge in [0.1, 0.15) is 5.75 Å². The van der Waals surface area contributed by atoms with Crippen LogP contribution >= 0.6 is 0 Å². The lowest BCUT2D eigenvalue weighted by Gasteiger charge is -2.16. The van der Waals surface area contributed by atoms with Crippen LogP contribution in [0.5, 0.6) is 5.75 Å². The molecule has 0 saturated heterocycles. The van der Waals surface area contributed by atoms with Crippen LogP contribution in [0.1, 0.15) is 50.7 Å². The minimum atomic E-state index is -0.187. The number of hydrogen-bond acceptors (Lipinski definition) is 3. The second-order valence-electron chi connectivity index (χ2n) is 5.45. The second-order valence-corrected chi connectivity index (χ2v) is 5.45. The molecule has 2 aromatic rings. The Balaban J connectivity index is 2.31. The number of ether oxygens (including phenoxy) is 1. The van der Waals surface area contributed by atoms with Crippen LogP contribution in [0.25, 0.3) is 0 Å². The highest BCUT2D eigenvalue weighted by molar-refractivity contribution is 5.35. The molecule has 1 aromatic carbocycles. The van der Waals surface area contributed by atoms with Crippen molar-refractivity contribution in [3.63, 3.8) is 0 Å². The lowest BCUT2D eigenvalue weighted by Crippen LogP contribution is -2.17. The highest BCUT2D eigenvalue weighted by atomic mass is 16.5. The van der Waals surface area contributed by atoms with Crippen LogP contribution in [0.4, 0.5) is 0 Å². The lowest BCUT2D eigenvalue weighted by molar-refractivity contribution is 0.242. The summed E-state index contributed by atoms with van der Waals surface area (Å²) in [5, 5.41) is 4.57. The normalized spacial score (nSPS) is 12.7. The molecule has 4 nitrogen and oxygen atoms in total. The molecule has 0 aliphatic carbocycles. The smallest absolute Gasteiger partial charge is 0.120 e. The molecule has 0 saturated carbocycles. The molecule has 0 bridgehead atoms. The molecule has 1 atom stereocenters. The Kier molecular flexibility index (Phi) is 5.02. The SMILES string of the molecule is CCc1cc(C(N)c2cccc(OC(C)C)c2)n(CC)n1. The van der Waals surface area contributed by atoms with Gasteiger partial charge in [-0.3, -0.25) is 4.68 Å². The van der Waals surface area contributed by atoms with Crippen molar-refractivity contribution in [1.29, 1.82) is 0 Å². The van der Waals surface area contributed by atoms with Crippen LogP contribution in [0, 0.1) is 0 Å². The van der Waals surface area contributed by atoms with Crippen molar-refractivity contribution in [3.8, 4) is 5.75 Å². The number of aryl methyl sites for hydroxylation is 2. The maximum Gasteiger partial charge on any atom is 0.120 e. The molecule has 1 aromatic heterocycles. The van der Waals surface area contributed by atoms with E-state index in [4.69, 9.17) is 10.5 Å². The summed E-state index contributed by atoms with van der Waals surface area (Å²) >= 11 is 0. The van der Waals surface area contributed by atoms with Crippen molar-refractivity contribution >= 4 is 0 Å². The fourth-order valence-corrected chi connectivity index (χ4v) is 2.39. The molecule has 114 valence electrons. The highest BCUT2D eigenvalue weighted by Crippen LogP contribution is 2.24. The van der Waals surface area contributed by atoms with Crippen molar-refractivity contribution in [2.24, 2.45) is 5.73 Å². The summed E-state index contributed by atoms with van der Waals surface area (Å²) in [6.07, 6.45) is 1.08. The maximum absolute atomic E-state index is 6.44. The van der Waals surface area contributed by atoms with E-state index in [-0.39, 0.29) is 12.1 Å². The summed E-state index contributed by atoms with van der Waals surface area (Å²) in [6, 6.07) is 9.92. The van der Waals surface area contributed by atoms with Gasteiger partial charge >= 0.3 is 0 Å². The molecule has 0 amide bonds. The van der Waals surface area contributed by atoms with Crippen LogP contribution in [-0.2, 0) is 13.0 Å². The summed E-state index contributed by atoms with van der Waals surface area (Å²) in [6.45, 7) is 9.06. The van der Waals surface area contributed by atoms with Crippen molar-refractivity contribution in [1.82, 2.24) is 9.78 Å². The van der Waals surface area contributed by atoms with E-state index in [1.165, 1.54) is 0 Å². The highest BCUT2D eigenvalue weighted by Gasteiger charge is 2.16. The van der Waals surface area contributed by atoms with Crippen LogP contribution in [-0.4, -0.2) is 15.9 Å². The van der Waals surface area contributed by atoms with E-state index in [2.05, 4.69) is 25.0 Å². The summed E-state index contributed by atoms with van der Waals surface area (Å²) in [4.78, 5) is 0. The average Bonchev–Trinajstić information content (AvgIpc) is 2.89. The second kappa shape index (κ2) is 6.76. The Morgan fingerprint density at radius 2 is 2.00 bits per heavy atom. The van der Waals surface area contributed by atoms with Crippen molar-refractivity contribution in [2.75, 3.05) is 0 Å². The Morgan fingerprint density at radius 1 is 1.24 bits per heavy atom. The standard InChI is InChI=1S/C17H25N3O/c1-5-14-11-16(20(6-2)19-14)17(18)13-8-7-9-15(10-13)21-12(3)4/h7-12,17H,5-6,18H2,1-4H3. The van der Waals surface area contributed by atoms with Gasteiger partial charge in [0.05, 0.1) is 23.5 Å². The molecular formula is C17H25N3O. The first-order chi connectivity index (χ1) is 10.0. The van der Waals surface area contributed by atoms with Gasteiger partial charge in [-0.2, -0.15) is 5.10 Å². The third-order valence-electron chi connectivity index (χ3n) is 3.43. The molecule has 1 unspecified atom stereocenters. The number of benzene rings is 1. The van der Waals surface area contributed by atoms with Crippen LogP contribution in [0.3, 0.4) is 0 Å². The number of nitrogens with zero attached hydrogens (tertiary/aromatic N) is 2. The number of aromatic nitrogens is 2. The largest absolute Gasteiger partial charge is 0.491 e. The van der Waals surface area contributed by atoms with E-state index in [1.807, 2.05) is 42.8 Å². The van der Waals surface area contributed by atoms with Crippen molar-refractivity contribution in [3.05, 3.63) is 47.3 Å². The van der Waals surface area contributed by atoms with E-state index in [0.717, 1.165) is 35.7 Å². The topological polar surface area (TPSA) is 53.1 Å². The van der Waals surface area contributed by atoms with Gasteiger partial charge in [0, 0.05) is 6.54 Å². The fraction of sp³-hybridized carbons (Fsp3) is 0.471. The van der Waals surface area contributed by atoms with Gasteiger partial charge in [-0.25, -0.2) is 0 Å². The molecule has 0 radical (unpaired) electrons. The minimum absolute atomic E-state index is 0.157. The predicted octanol–water partition coefficient (Wildman–Crippen LogP) is 3.30. The van der Waals surface area contributed by atoms with E-state index in [0.29, 0.717) is 0 Å². The van der Waals surface area contributed by atoms with Gasteiger partial charge in [0.25, 0.3) is 0 Å². The van der Waals surface area contributed by atoms with E-state index >= 15 is 0 Å². The van der Waals surface area contributed by atoms with Crippen LogP contribution in [0.2, 0.25) is 0 Å². The monoisotopic (exact) mass is 287 g/mol. The third kappa shape index (κ3) is 3.64. The number of hydrogen-bond donors (Lipinski definition) is 1. The minimum Gasteiger partial charge on any atom is -0.491 e. The lowest BCUT2D eigenvalue weighted by atomic mass is 10.0. The zero-order chi connectivity index (χ0) is 15.4. The van der Waals surface area contributed by atoms with Crippen LogP contribution < -0.4 is 10.5 Å². The first kappa shape index (κ1) is 15.6. The Bertz CT molecular complexity index is 589. The molecule has 21 heavy (non-hydrogen) atoms. The van der Waals surface area contributed by atoms with Gasteiger partial charge in [-0.15, -0.1) is 0 Å². The summed E-state index contributed by atoms with van der Waals surface area (Å²) in [7, 11) is 0. The Morgan fingerprint density at radius 3 is 2.62 bits per heavy atom. The molecular weight excluding hydrogens is 262 g/mol. The Labute approximate surface area is 126 Å². The molecule has 0 aliphatic rings. The first-order valence-electron chi connectivity index (χ1n) is 7.64. The molecule has 0 fully saturated rings. The predicted molar refractivity (Wildman–Crippen MR) is 85.5 cm³/mol. The van der Waals surface area contributed by atoms with E-state index in [1.54, 1.807) is 0 Å². The van der Waals surface area contributed by atoms with Gasteiger partial charge in [0.2, 0.25) is 0 Å². The molecule has 2 rings (SSSR count).